The summed E-state index contributed by atoms with van der Waals surface area (Å²) in [5, 5.41) is 3.27. The summed E-state index contributed by atoms with van der Waals surface area (Å²) in [6.07, 6.45) is 1.25. The van der Waals surface area contributed by atoms with Gasteiger partial charge >= 0.3 is 0 Å². The van der Waals surface area contributed by atoms with Crippen LogP contribution in [0.3, 0.4) is 0 Å². The van der Waals surface area contributed by atoms with E-state index in [1.54, 1.807) is 0 Å². The highest BCUT2D eigenvalue weighted by atomic mass is 15.3. The lowest BCUT2D eigenvalue weighted by molar-refractivity contribution is 0.109. The molecule has 3 nitrogen and oxygen atoms in total. The first-order chi connectivity index (χ1) is 6.27. The molecule has 1 aliphatic rings. The van der Waals surface area contributed by atoms with Gasteiger partial charge in [0, 0.05) is 38.8 Å². The molecule has 0 aromatic carbocycles. The fraction of sp³-hybridized carbons (Fsp3) is 1.00. The van der Waals surface area contributed by atoms with Crippen molar-refractivity contribution in [3.05, 3.63) is 0 Å². The number of nitrogens with zero attached hydrogens (tertiary/aromatic N) is 2. The van der Waals surface area contributed by atoms with Gasteiger partial charge in [-0.3, -0.25) is 4.90 Å². The normalized spacial score (nSPS) is 23.3. The van der Waals surface area contributed by atoms with E-state index >= 15 is 0 Å². The zero-order valence-electron chi connectivity index (χ0n) is 9.21. The molecule has 1 aliphatic heterocycles. The van der Waals surface area contributed by atoms with Crippen LogP contribution in [0.1, 0.15) is 13.3 Å². The molecule has 1 fully saturated rings. The van der Waals surface area contributed by atoms with Crippen molar-refractivity contribution in [2.75, 3.05) is 46.8 Å². The number of hydrogen-bond acceptors (Lipinski definition) is 3. The van der Waals surface area contributed by atoms with Crippen LogP contribution in [-0.2, 0) is 0 Å². The Balaban J connectivity index is 2.32. The summed E-state index contributed by atoms with van der Waals surface area (Å²) >= 11 is 0. The van der Waals surface area contributed by atoms with Crippen molar-refractivity contribution in [3.8, 4) is 0 Å². The van der Waals surface area contributed by atoms with Crippen LogP contribution in [-0.4, -0.2) is 62.7 Å². The first-order valence-electron chi connectivity index (χ1n) is 5.35. The van der Waals surface area contributed by atoms with E-state index in [0.717, 1.165) is 12.6 Å². The van der Waals surface area contributed by atoms with Crippen LogP contribution in [0.2, 0.25) is 0 Å². The smallest absolute Gasteiger partial charge is 0.0218 e. The van der Waals surface area contributed by atoms with Crippen molar-refractivity contribution in [1.82, 2.24) is 15.1 Å². The number of rotatable bonds is 4. The minimum absolute atomic E-state index is 0.735. The van der Waals surface area contributed by atoms with Gasteiger partial charge in [0.25, 0.3) is 0 Å². The van der Waals surface area contributed by atoms with E-state index in [4.69, 9.17) is 0 Å². The predicted molar refractivity (Wildman–Crippen MR) is 57.1 cm³/mol. The molecule has 1 unspecified atom stereocenters. The van der Waals surface area contributed by atoms with Crippen LogP contribution in [0, 0.1) is 0 Å². The Labute approximate surface area is 82.1 Å². The summed E-state index contributed by atoms with van der Waals surface area (Å²) in [5.74, 6) is 0. The molecule has 0 aromatic rings. The van der Waals surface area contributed by atoms with Gasteiger partial charge in [0.05, 0.1) is 0 Å². The fourth-order valence-electron chi connectivity index (χ4n) is 1.95. The molecular formula is C10H23N3. The van der Waals surface area contributed by atoms with Crippen molar-refractivity contribution in [2.24, 2.45) is 0 Å². The molecular weight excluding hydrogens is 162 g/mol. The topological polar surface area (TPSA) is 18.5 Å². The highest BCUT2D eigenvalue weighted by molar-refractivity contribution is 4.77. The SMILES string of the molecule is CCC(CNC)N1CCN(C)CC1. The van der Waals surface area contributed by atoms with E-state index in [-0.39, 0.29) is 0 Å². The molecule has 78 valence electrons. The average molecular weight is 185 g/mol. The fourth-order valence-corrected chi connectivity index (χ4v) is 1.95. The zero-order chi connectivity index (χ0) is 9.68. The maximum absolute atomic E-state index is 3.27. The Morgan fingerprint density at radius 3 is 2.31 bits per heavy atom. The number of likely N-dealkylation sites (N-methyl/N-ethyl adjacent to an activating group) is 2. The summed E-state index contributed by atoms with van der Waals surface area (Å²) in [7, 11) is 4.25. The van der Waals surface area contributed by atoms with Gasteiger partial charge in [-0.15, -0.1) is 0 Å². The van der Waals surface area contributed by atoms with Gasteiger partial charge in [0.1, 0.15) is 0 Å². The molecule has 0 amide bonds. The van der Waals surface area contributed by atoms with E-state index in [2.05, 4.69) is 29.1 Å². The number of nitrogens with one attached hydrogen (secondary N) is 1. The molecule has 1 N–H and O–H groups in total. The average Bonchev–Trinajstić information content (AvgIpc) is 2.16. The van der Waals surface area contributed by atoms with Crippen molar-refractivity contribution in [3.63, 3.8) is 0 Å². The Kier molecular flexibility index (Phi) is 4.70. The van der Waals surface area contributed by atoms with Gasteiger partial charge in [-0.1, -0.05) is 6.92 Å². The third-order valence-electron chi connectivity index (χ3n) is 2.97. The molecule has 1 saturated heterocycles. The van der Waals surface area contributed by atoms with Crippen molar-refractivity contribution in [2.45, 2.75) is 19.4 Å². The number of piperazine rings is 1. The molecule has 0 spiro atoms. The predicted octanol–water partition coefficient (Wildman–Crippen LogP) is 0.232. The second kappa shape index (κ2) is 5.58. The first-order valence-corrected chi connectivity index (χ1v) is 5.35. The second-order valence-corrected chi connectivity index (χ2v) is 3.96. The Hall–Kier alpha value is -0.120. The molecule has 0 saturated carbocycles. The van der Waals surface area contributed by atoms with Gasteiger partial charge in [-0.2, -0.15) is 0 Å². The summed E-state index contributed by atoms with van der Waals surface area (Å²) < 4.78 is 0. The first kappa shape index (κ1) is 11.0. The van der Waals surface area contributed by atoms with Gasteiger partial charge in [0.2, 0.25) is 0 Å². The van der Waals surface area contributed by atoms with Crippen LogP contribution in [0.25, 0.3) is 0 Å². The third-order valence-corrected chi connectivity index (χ3v) is 2.97. The van der Waals surface area contributed by atoms with Crippen molar-refractivity contribution < 1.29 is 0 Å². The van der Waals surface area contributed by atoms with E-state index in [0.29, 0.717) is 0 Å². The minimum Gasteiger partial charge on any atom is -0.318 e. The maximum Gasteiger partial charge on any atom is 0.0218 e. The van der Waals surface area contributed by atoms with Crippen molar-refractivity contribution >= 4 is 0 Å². The lowest BCUT2D eigenvalue weighted by Crippen LogP contribution is -2.51. The third kappa shape index (κ3) is 3.25. The molecule has 0 aliphatic carbocycles. The van der Waals surface area contributed by atoms with E-state index < -0.39 is 0 Å². The summed E-state index contributed by atoms with van der Waals surface area (Å²) in [4.78, 5) is 5.01. The molecule has 0 aromatic heterocycles. The Morgan fingerprint density at radius 2 is 1.85 bits per heavy atom. The lowest BCUT2D eigenvalue weighted by Gasteiger charge is -2.37. The summed E-state index contributed by atoms with van der Waals surface area (Å²) in [6.45, 7) is 8.31. The minimum atomic E-state index is 0.735. The number of hydrogen-bond donors (Lipinski definition) is 1. The molecule has 13 heavy (non-hydrogen) atoms. The van der Waals surface area contributed by atoms with Crippen LogP contribution in [0.15, 0.2) is 0 Å². The second-order valence-electron chi connectivity index (χ2n) is 3.96. The largest absolute Gasteiger partial charge is 0.318 e. The molecule has 3 heteroatoms. The summed E-state index contributed by atoms with van der Waals surface area (Å²) in [5.41, 5.74) is 0. The lowest BCUT2D eigenvalue weighted by atomic mass is 10.1. The highest BCUT2D eigenvalue weighted by Crippen LogP contribution is 2.07. The quantitative estimate of drug-likeness (QED) is 0.676. The monoisotopic (exact) mass is 185 g/mol. The maximum atomic E-state index is 3.27. The standard InChI is InChI=1S/C10H23N3/c1-4-10(9-11-2)13-7-5-12(3)6-8-13/h10-11H,4-9H2,1-3H3. The van der Waals surface area contributed by atoms with Gasteiger partial charge in [-0.25, -0.2) is 0 Å². The van der Waals surface area contributed by atoms with Crippen LogP contribution in [0.4, 0.5) is 0 Å². The molecule has 0 bridgehead atoms. The molecule has 1 atom stereocenters. The van der Waals surface area contributed by atoms with Gasteiger partial charge in [-0.05, 0) is 20.5 Å². The Morgan fingerprint density at radius 1 is 1.23 bits per heavy atom. The Bertz CT molecular complexity index is 130. The molecule has 1 rings (SSSR count). The van der Waals surface area contributed by atoms with E-state index in [1.807, 2.05) is 7.05 Å². The molecule has 1 heterocycles. The molecule has 0 radical (unpaired) electrons. The zero-order valence-corrected chi connectivity index (χ0v) is 9.21. The highest BCUT2D eigenvalue weighted by Gasteiger charge is 2.19. The van der Waals surface area contributed by atoms with Crippen molar-refractivity contribution in [1.29, 1.82) is 0 Å². The van der Waals surface area contributed by atoms with Gasteiger partial charge < -0.3 is 10.2 Å². The van der Waals surface area contributed by atoms with Gasteiger partial charge in [0.15, 0.2) is 0 Å². The van der Waals surface area contributed by atoms with Crippen LogP contribution >= 0.6 is 0 Å². The van der Waals surface area contributed by atoms with Crippen LogP contribution in [0.5, 0.6) is 0 Å². The van der Waals surface area contributed by atoms with E-state index in [1.165, 1.54) is 32.6 Å². The summed E-state index contributed by atoms with van der Waals surface area (Å²) in [6, 6.07) is 0.735. The van der Waals surface area contributed by atoms with Crippen LogP contribution < -0.4 is 5.32 Å². The van der Waals surface area contributed by atoms with E-state index in [9.17, 15) is 0 Å².